The molecule has 0 spiro atoms. The van der Waals surface area contributed by atoms with Crippen LogP contribution < -0.4 is 10.5 Å². The van der Waals surface area contributed by atoms with Crippen molar-refractivity contribution in [1.82, 2.24) is 9.97 Å². The zero-order valence-electron chi connectivity index (χ0n) is 9.42. The summed E-state index contributed by atoms with van der Waals surface area (Å²) in [6.07, 6.45) is 2.32. The first-order valence-corrected chi connectivity index (χ1v) is 6.90. The van der Waals surface area contributed by atoms with Gasteiger partial charge in [-0.05, 0) is 18.2 Å². The number of halogens is 1. The molecule has 0 saturated carbocycles. The summed E-state index contributed by atoms with van der Waals surface area (Å²) in [6.45, 7) is 0. The van der Waals surface area contributed by atoms with Crippen LogP contribution >= 0.6 is 12.2 Å². The number of nitrogens with two attached hydrogens (primary N) is 1. The standard InChI is InChI=1S/C10H9FN4O2S2/c11-7-3-6(10(12)18)1-2-8(7)15-19(16,17)9-4-13-5-14-9/h1-5,15H,(H2,12,18)(H,13,14). The molecule has 0 saturated heterocycles. The molecule has 0 radical (unpaired) electrons. The second-order valence-electron chi connectivity index (χ2n) is 3.58. The number of benzene rings is 1. The molecule has 9 heteroatoms. The van der Waals surface area contributed by atoms with E-state index in [-0.39, 0.29) is 15.7 Å². The highest BCUT2D eigenvalue weighted by Crippen LogP contribution is 2.19. The van der Waals surface area contributed by atoms with Crippen molar-refractivity contribution < 1.29 is 12.8 Å². The summed E-state index contributed by atoms with van der Waals surface area (Å²) in [4.78, 5) is 6.04. The Morgan fingerprint density at radius 1 is 1.47 bits per heavy atom. The molecular formula is C10H9FN4O2S2. The number of aromatic amines is 1. The first-order valence-electron chi connectivity index (χ1n) is 5.01. The van der Waals surface area contributed by atoms with Crippen molar-refractivity contribution in [2.24, 2.45) is 5.73 Å². The maximum Gasteiger partial charge on any atom is 0.279 e. The average Bonchev–Trinajstić information content (AvgIpc) is 2.85. The fraction of sp³-hybridized carbons (Fsp3) is 0. The van der Waals surface area contributed by atoms with E-state index in [9.17, 15) is 12.8 Å². The summed E-state index contributed by atoms with van der Waals surface area (Å²) in [6, 6.07) is 3.74. The SMILES string of the molecule is NC(=S)c1ccc(NS(=O)(=O)c2cnc[nH]2)c(F)c1. The Labute approximate surface area is 113 Å². The Kier molecular flexibility index (Phi) is 3.49. The van der Waals surface area contributed by atoms with Gasteiger partial charge < -0.3 is 10.7 Å². The van der Waals surface area contributed by atoms with Gasteiger partial charge in [0.2, 0.25) is 0 Å². The van der Waals surface area contributed by atoms with Crippen LogP contribution in [0.25, 0.3) is 0 Å². The molecule has 6 nitrogen and oxygen atoms in total. The van der Waals surface area contributed by atoms with E-state index in [0.717, 1.165) is 12.3 Å². The van der Waals surface area contributed by atoms with Crippen LogP contribution in [0.4, 0.5) is 10.1 Å². The predicted molar refractivity (Wildman–Crippen MR) is 71.7 cm³/mol. The minimum Gasteiger partial charge on any atom is -0.389 e. The third-order valence-electron chi connectivity index (χ3n) is 2.26. The van der Waals surface area contributed by atoms with Crippen molar-refractivity contribution in [1.29, 1.82) is 0 Å². The Morgan fingerprint density at radius 2 is 2.21 bits per heavy atom. The predicted octanol–water partition coefficient (Wildman–Crippen LogP) is 0.984. The van der Waals surface area contributed by atoms with E-state index in [1.54, 1.807) is 0 Å². The van der Waals surface area contributed by atoms with Gasteiger partial charge in [0, 0.05) is 5.56 Å². The molecule has 4 N–H and O–H groups in total. The van der Waals surface area contributed by atoms with Crippen molar-refractivity contribution >= 4 is 32.9 Å². The number of thiocarbonyl (C=S) groups is 1. The highest BCUT2D eigenvalue weighted by Gasteiger charge is 2.17. The molecule has 0 aliphatic carbocycles. The number of hydrogen-bond acceptors (Lipinski definition) is 4. The van der Waals surface area contributed by atoms with Gasteiger partial charge in [-0.25, -0.2) is 9.37 Å². The summed E-state index contributed by atoms with van der Waals surface area (Å²) >= 11 is 4.70. The zero-order chi connectivity index (χ0) is 14.0. The van der Waals surface area contributed by atoms with E-state index in [4.69, 9.17) is 18.0 Å². The monoisotopic (exact) mass is 300 g/mol. The van der Waals surface area contributed by atoms with Crippen LogP contribution in [0.15, 0.2) is 35.7 Å². The van der Waals surface area contributed by atoms with Crippen LogP contribution in [0.1, 0.15) is 5.56 Å². The number of sulfonamides is 1. The topological polar surface area (TPSA) is 101 Å². The fourth-order valence-corrected chi connectivity index (χ4v) is 2.44. The molecule has 19 heavy (non-hydrogen) atoms. The smallest absolute Gasteiger partial charge is 0.279 e. The highest BCUT2D eigenvalue weighted by molar-refractivity contribution is 7.92. The van der Waals surface area contributed by atoms with E-state index >= 15 is 0 Å². The number of nitrogens with one attached hydrogen (secondary N) is 2. The highest BCUT2D eigenvalue weighted by atomic mass is 32.2. The molecule has 2 rings (SSSR count). The number of nitrogens with zero attached hydrogens (tertiary/aromatic N) is 1. The summed E-state index contributed by atoms with van der Waals surface area (Å²) in [7, 11) is -3.90. The first kappa shape index (κ1) is 13.4. The summed E-state index contributed by atoms with van der Waals surface area (Å²) in [5.41, 5.74) is 5.47. The van der Waals surface area contributed by atoms with Gasteiger partial charge >= 0.3 is 0 Å². The third-order valence-corrected chi connectivity index (χ3v) is 3.79. The molecule has 0 fully saturated rings. The lowest BCUT2D eigenvalue weighted by molar-refractivity contribution is 0.595. The van der Waals surface area contributed by atoms with Crippen LogP contribution in [0, 0.1) is 5.82 Å². The number of hydrogen-bond donors (Lipinski definition) is 3. The molecule has 1 aromatic heterocycles. The van der Waals surface area contributed by atoms with Crippen LogP contribution in [0.5, 0.6) is 0 Å². The van der Waals surface area contributed by atoms with Crippen molar-refractivity contribution in [2.45, 2.75) is 5.03 Å². The molecule has 100 valence electrons. The van der Waals surface area contributed by atoms with Crippen LogP contribution in [0.3, 0.4) is 0 Å². The second kappa shape index (κ2) is 4.94. The number of anilines is 1. The van der Waals surface area contributed by atoms with E-state index in [1.807, 2.05) is 0 Å². The second-order valence-corrected chi connectivity index (χ2v) is 5.67. The molecule has 0 amide bonds. The van der Waals surface area contributed by atoms with Crippen molar-refractivity contribution in [2.75, 3.05) is 4.72 Å². The van der Waals surface area contributed by atoms with E-state index < -0.39 is 15.8 Å². The lowest BCUT2D eigenvalue weighted by Gasteiger charge is -2.08. The van der Waals surface area contributed by atoms with Crippen molar-refractivity contribution in [3.63, 3.8) is 0 Å². The Hall–Kier alpha value is -2.00. The number of rotatable bonds is 4. The largest absolute Gasteiger partial charge is 0.389 e. The number of aromatic nitrogens is 2. The maximum atomic E-state index is 13.7. The van der Waals surface area contributed by atoms with E-state index in [1.165, 1.54) is 18.5 Å². The van der Waals surface area contributed by atoms with Crippen LogP contribution in [-0.2, 0) is 10.0 Å². The molecule has 2 aromatic rings. The number of imidazole rings is 1. The summed E-state index contributed by atoms with van der Waals surface area (Å²) in [5.74, 6) is -0.770. The van der Waals surface area contributed by atoms with Crippen molar-refractivity contribution in [3.8, 4) is 0 Å². The third kappa shape index (κ3) is 2.88. The molecule has 0 bridgehead atoms. The Balaban J connectivity index is 2.32. The Bertz CT molecular complexity index is 713. The van der Waals surface area contributed by atoms with Gasteiger partial charge in [0.05, 0.1) is 18.2 Å². The normalized spacial score (nSPS) is 11.2. The van der Waals surface area contributed by atoms with Crippen LogP contribution in [0.2, 0.25) is 0 Å². The molecule has 1 aromatic carbocycles. The quantitative estimate of drug-likeness (QED) is 0.731. The lowest BCUT2D eigenvalue weighted by atomic mass is 10.2. The van der Waals surface area contributed by atoms with Gasteiger partial charge in [-0.15, -0.1) is 0 Å². The van der Waals surface area contributed by atoms with Gasteiger partial charge in [0.15, 0.2) is 5.03 Å². The summed E-state index contributed by atoms with van der Waals surface area (Å²) in [5, 5.41) is -0.162. The van der Waals surface area contributed by atoms with Gasteiger partial charge in [-0.3, -0.25) is 4.72 Å². The van der Waals surface area contributed by atoms with Gasteiger partial charge in [-0.1, -0.05) is 12.2 Å². The van der Waals surface area contributed by atoms with Crippen molar-refractivity contribution in [3.05, 3.63) is 42.1 Å². The van der Waals surface area contributed by atoms with E-state index in [0.29, 0.717) is 5.56 Å². The summed E-state index contributed by atoms with van der Waals surface area (Å²) < 4.78 is 39.5. The maximum absolute atomic E-state index is 13.7. The zero-order valence-corrected chi connectivity index (χ0v) is 11.1. The molecule has 0 aliphatic heterocycles. The van der Waals surface area contributed by atoms with E-state index in [2.05, 4.69) is 14.7 Å². The van der Waals surface area contributed by atoms with Gasteiger partial charge in [0.25, 0.3) is 10.0 Å². The molecule has 1 heterocycles. The average molecular weight is 300 g/mol. The number of H-pyrrole nitrogens is 1. The van der Waals surface area contributed by atoms with Gasteiger partial charge in [0.1, 0.15) is 10.8 Å². The first-order chi connectivity index (χ1) is 8.90. The molecule has 0 unspecified atom stereocenters. The van der Waals surface area contributed by atoms with Crippen LogP contribution in [-0.4, -0.2) is 23.4 Å². The molecular weight excluding hydrogens is 291 g/mol. The fourth-order valence-electron chi connectivity index (χ4n) is 1.34. The molecule has 0 atom stereocenters. The molecule has 0 aliphatic rings. The lowest BCUT2D eigenvalue weighted by Crippen LogP contribution is -2.15. The van der Waals surface area contributed by atoms with Gasteiger partial charge in [-0.2, -0.15) is 8.42 Å². The Morgan fingerprint density at radius 3 is 2.74 bits per heavy atom. The minimum atomic E-state index is -3.90. The minimum absolute atomic E-state index is 0.0295.